The highest BCUT2D eigenvalue weighted by molar-refractivity contribution is 6.06. The van der Waals surface area contributed by atoms with Crippen LogP contribution in [-0.4, -0.2) is 47.2 Å². The van der Waals surface area contributed by atoms with Gasteiger partial charge < -0.3 is 10.0 Å². The van der Waals surface area contributed by atoms with E-state index in [-0.39, 0.29) is 45.3 Å². The van der Waals surface area contributed by atoms with Crippen LogP contribution in [0.1, 0.15) is 86.5 Å². The van der Waals surface area contributed by atoms with Gasteiger partial charge in [-0.15, -0.1) is 0 Å². The van der Waals surface area contributed by atoms with Crippen molar-refractivity contribution in [2.75, 3.05) is 14.1 Å². The predicted octanol–water partition coefficient (Wildman–Crippen LogP) is 5.02. The van der Waals surface area contributed by atoms with Gasteiger partial charge in [0.25, 0.3) is 0 Å². The van der Waals surface area contributed by atoms with Crippen LogP contribution in [0.3, 0.4) is 0 Å². The van der Waals surface area contributed by atoms with Crippen LogP contribution < -0.4 is 0 Å². The first-order chi connectivity index (χ1) is 17.4. The molecule has 0 saturated heterocycles. The molecule has 0 unspecified atom stereocenters. The van der Waals surface area contributed by atoms with Crippen LogP contribution in [-0.2, 0) is 14.4 Å². The average Bonchev–Trinajstić information content (AvgIpc) is 2.82. The first kappa shape index (κ1) is 27.3. The molecule has 6 nitrogen and oxygen atoms in total. The van der Waals surface area contributed by atoms with Gasteiger partial charge >= 0.3 is 0 Å². The van der Waals surface area contributed by atoms with Crippen LogP contribution in [0.5, 0.6) is 0 Å². The number of rotatable bonds is 1. The minimum Gasteiger partial charge on any atom is -0.382 e. The van der Waals surface area contributed by atoms with Crippen LogP contribution >= 0.6 is 0 Å². The number of Topliss-reactive ketones (excluding diaryl/α,β-unsaturated/α-hetero) is 1. The second-order valence-corrected chi connectivity index (χ2v) is 15.0. The van der Waals surface area contributed by atoms with E-state index in [1.54, 1.807) is 11.0 Å². The lowest BCUT2D eigenvalue weighted by molar-refractivity contribution is -0.184. The third-order valence-electron chi connectivity index (χ3n) is 12.4. The number of nitriles is 1. The number of allylic oxidation sites excluding steroid dienone is 3. The van der Waals surface area contributed by atoms with Gasteiger partial charge in [-0.05, 0) is 80.1 Å². The van der Waals surface area contributed by atoms with E-state index in [2.05, 4.69) is 27.7 Å². The summed E-state index contributed by atoms with van der Waals surface area (Å²) < 4.78 is 0. The quantitative estimate of drug-likeness (QED) is 0.524. The Bertz CT molecular complexity index is 1230. The molecular weight excluding hydrogens is 476 g/mol. The zero-order valence-electron chi connectivity index (χ0n) is 24.4. The molecule has 0 aromatic heterocycles. The number of hydrogen-bond donors (Lipinski definition) is 1. The normalized spacial score (nSPS) is 47.3. The van der Waals surface area contributed by atoms with Gasteiger partial charge in [-0.1, -0.05) is 46.3 Å². The highest BCUT2D eigenvalue weighted by Gasteiger charge is 2.71. The van der Waals surface area contributed by atoms with Crippen LogP contribution in [0, 0.1) is 56.2 Å². The molecule has 0 radical (unpaired) electrons. The van der Waals surface area contributed by atoms with Crippen LogP contribution in [0.2, 0.25) is 0 Å². The third-order valence-corrected chi connectivity index (χ3v) is 12.4. The van der Waals surface area contributed by atoms with Gasteiger partial charge in [-0.2, -0.15) is 5.26 Å². The maximum atomic E-state index is 14.4. The van der Waals surface area contributed by atoms with E-state index >= 15 is 0 Å². The van der Waals surface area contributed by atoms with Crippen molar-refractivity contribution in [3.63, 3.8) is 0 Å². The summed E-state index contributed by atoms with van der Waals surface area (Å²) in [5.41, 5.74) is -2.70. The van der Waals surface area contributed by atoms with E-state index in [1.165, 1.54) is 6.92 Å². The molecule has 0 heterocycles. The highest BCUT2D eigenvalue weighted by atomic mass is 16.3. The van der Waals surface area contributed by atoms with Crippen molar-refractivity contribution in [1.82, 2.24) is 4.90 Å². The number of amides is 1. The van der Waals surface area contributed by atoms with Crippen LogP contribution in [0.25, 0.3) is 0 Å². The molecule has 6 heteroatoms. The Morgan fingerprint density at radius 1 is 1.03 bits per heavy atom. The van der Waals surface area contributed by atoms with Gasteiger partial charge in [0.1, 0.15) is 11.7 Å². The molecule has 5 aliphatic carbocycles. The molecule has 0 aliphatic heterocycles. The number of ketones is 2. The highest BCUT2D eigenvalue weighted by Crippen LogP contribution is 2.74. The number of hydrogen-bond acceptors (Lipinski definition) is 5. The van der Waals surface area contributed by atoms with Gasteiger partial charge in [-0.25, -0.2) is 0 Å². The molecule has 38 heavy (non-hydrogen) atoms. The van der Waals surface area contributed by atoms with Gasteiger partial charge in [0.05, 0.1) is 11.0 Å². The lowest BCUT2D eigenvalue weighted by Gasteiger charge is -2.68. The Balaban J connectivity index is 1.71. The summed E-state index contributed by atoms with van der Waals surface area (Å²) in [6.45, 7) is 12.6. The van der Waals surface area contributed by atoms with Crippen molar-refractivity contribution in [3.8, 4) is 6.07 Å². The standard InChI is InChI=1S/C32H44N2O4/c1-27(2)11-13-32(26(37)34(7)8)14-12-30(5)24(20(32)17-27)21(35)15-23-28(3)16-19(18-33)25(36)31(6,38)22(28)9-10-29(23,30)4/h15-16,20,22,24,38H,9-14,17H2,1-8H3/t20-,22+,24-,28-,29+,30+,31-,32-/m0/s1. The van der Waals surface area contributed by atoms with Crippen molar-refractivity contribution in [1.29, 1.82) is 5.26 Å². The fourth-order valence-electron chi connectivity index (χ4n) is 10.1. The molecule has 8 atom stereocenters. The lowest BCUT2D eigenvalue weighted by Crippen LogP contribution is -2.67. The van der Waals surface area contributed by atoms with Crippen molar-refractivity contribution < 1.29 is 19.5 Å². The summed E-state index contributed by atoms with van der Waals surface area (Å²) >= 11 is 0. The van der Waals surface area contributed by atoms with E-state index in [0.29, 0.717) is 6.42 Å². The molecule has 0 aromatic rings. The van der Waals surface area contributed by atoms with Gasteiger partial charge in [0.2, 0.25) is 11.7 Å². The topological polar surface area (TPSA) is 98.5 Å². The summed E-state index contributed by atoms with van der Waals surface area (Å²) in [6.07, 6.45) is 9.12. The first-order valence-corrected chi connectivity index (χ1v) is 14.3. The van der Waals surface area contributed by atoms with E-state index in [1.807, 2.05) is 33.2 Å². The van der Waals surface area contributed by atoms with Crippen LogP contribution in [0.15, 0.2) is 23.3 Å². The van der Waals surface area contributed by atoms with Crippen molar-refractivity contribution in [2.24, 2.45) is 44.8 Å². The number of carbonyl (C=O) groups excluding carboxylic acids is 3. The number of carbonyl (C=O) groups is 3. The Morgan fingerprint density at radius 3 is 2.26 bits per heavy atom. The van der Waals surface area contributed by atoms with Gasteiger partial charge in [0, 0.05) is 31.3 Å². The second-order valence-electron chi connectivity index (χ2n) is 15.0. The minimum atomic E-state index is -1.66. The first-order valence-electron chi connectivity index (χ1n) is 14.3. The lowest BCUT2D eigenvalue weighted by atomic mass is 9.34. The summed E-state index contributed by atoms with van der Waals surface area (Å²) in [7, 11) is 3.67. The maximum absolute atomic E-state index is 14.4. The fourth-order valence-corrected chi connectivity index (χ4v) is 10.1. The molecule has 5 aliphatic rings. The third kappa shape index (κ3) is 3.17. The molecule has 5 rings (SSSR count). The minimum absolute atomic E-state index is 0.0214. The average molecular weight is 521 g/mol. The van der Waals surface area contributed by atoms with E-state index < -0.39 is 28.1 Å². The molecule has 0 aromatic carbocycles. The molecule has 206 valence electrons. The molecule has 3 saturated carbocycles. The van der Waals surface area contributed by atoms with Crippen molar-refractivity contribution in [3.05, 3.63) is 23.3 Å². The van der Waals surface area contributed by atoms with Gasteiger partial charge in [-0.3, -0.25) is 14.4 Å². The maximum Gasteiger partial charge on any atom is 0.228 e. The second kappa shape index (κ2) is 7.90. The van der Waals surface area contributed by atoms with E-state index in [9.17, 15) is 24.8 Å². The molecule has 0 bridgehead atoms. The monoisotopic (exact) mass is 520 g/mol. The van der Waals surface area contributed by atoms with Crippen molar-refractivity contribution in [2.45, 2.75) is 92.1 Å². The smallest absolute Gasteiger partial charge is 0.228 e. The molecule has 1 amide bonds. The molecule has 3 fully saturated rings. The van der Waals surface area contributed by atoms with E-state index in [0.717, 1.165) is 44.1 Å². The zero-order valence-corrected chi connectivity index (χ0v) is 24.4. The number of nitrogens with zero attached hydrogens (tertiary/aromatic N) is 2. The fraction of sp³-hybridized carbons (Fsp3) is 0.750. The Kier molecular flexibility index (Phi) is 5.68. The predicted molar refractivity (Wildman–Crippen MR) is 144 cm³/mol. The Morgan fingerprint density at radius 2 is 1.66 bits per heavy atom. The zero-order chi connectivity index (χ0) is 28.3. The summed E-state index contributed by atoms with van der Waals surface area (Å²) in [4.78, 5) is 42.9. The summed E-state index contributed by atoms with van der Waals surface area (Å²) in [6, 6.07) is 2.02. The number of fused-ring (bicyclic) bond motifs is 7. The van der Waals surface area contributed by atoms with Crippen molar-refractivity contribution >= 4 is 17.5 Å². The van der Waals surface area contributed by atoms with Gasteiger partial charge in [0.15, 0.2) is 5.78 Å². The van der Waals surface area contributed by atoms with Crippen LogP contribution in [0.4, 0.5) is 0 Å². The Hall–Kier alpha value is -2.26. The Labute approximate surface area is 227 Å². The number of aliphatic hydroxyl groups is 1. The molecular formula is C32H44N2O4. The SMILES string of the molecule is CN(C)C(=O)[C@]12CCC(C)(C)C[C@H]1[C@H]1C(=O)C=C3[C@@]4(C)C=C(C#N)C(=O)[C@@](C)(O)[C@@H]4CC[C@@]3(C)[C@]1(C)CC2. The summed E-state index contributed by atoms with van der Waals surface area (Å²) in [5.74, 6) is -0.992. The molecule has 0 spiro atoms. The van der Waals surface area contributed by atoms with E-state index in [4.69, 9.17) is 0 Å². The largest absolute Gasteiger partial charge is 0.382 e. The molecule has 1 N–H and O–H groups in total. The summed E-state index contributed by atoms with van der Waals surface area (Å²) in [5, 5.41) is 21.2.